The summed E-state index contributed by atoms with van der Waals surface area (Å²) in [6.07, 6.45) is 1.53. The molecule has 1 aromatic heterocycles. The van der Waals surface area contributed by atoms with Crippen molar-refractivity contribution < 1.29 is 23.2 Å². The van der Waals surface area contributed by atoms with E-state index in [0.29, 0.717) is 33.4 Å². The number of nitrogens with one attached hydrogen (secondary N) is 2. The Kier molecular flexibility index (Phi) is 8.07. The summed E-state index contributed by atoms with van der Waals surface area (Å²) in [5, 5.41) is 5.31. The van der Waals surface area contributed by atoms with Crippen LogP contribution in [0.4, 0.5) is 15.8 Å². The summed E-state index contributed by atoms with van der Waals surface area (Å²) in [7, 11) is 0. The van der Waals surface area contributed by atoms with Crippen LogP contribution in [-0.4, -0.2) is 33.8 Å². The third-order valence-electron chi connectivity index (χ3n) is 6.13. The van der Waals surface area contributed by atoms with E-state index in [4.69, 9.17) is 4.42 Å². The highest BCUT2D eigenvalue weighted by atomic mass is 32.2. The quantitative estimate of drug-likeness (QED) is 0.291. The molecule has 1 saturated heterocycles. The molecule has 3 aromatic carbocycles. The zero-order chi connectivity index (χ0) is 28.1. The van der Waals surface area contributed by atoms with Crippen LogP contribution in [0.25, 0.3) is 0 Å². The summed E-state index contributed by atoms with van der Waals surface area (Å²) in [4.78, 5) is 44.6. The van der Waals surface area contributed by atoms with E-state index in [9.17, 15) is 18.8 Å². The summed E-state index contributed by atoms with van der Waals surface area (Å²) >= 11 is 1.26. The molecule has 2 N–H and O–H groups in total. The Labute approximate surface area is 234 Å². The molecule has 1 fully saturated rings. The van der Waals surface area contributed by atoms with E-state index in [1.54, 1.807) is 79.7 Å². The zero-order valence-electron chi connectivity index (χ0n) is 21.4. The van der Waals surface area contributed by atoms with Crippen molar-refractivity contribution in [3.63, 3.8) is 0 Å². The fraction of sp³-hybridized carbons (Fsp3) is 0.133. The molecule has 5 rings (SSSR count). The van der Waals surface area contributed by atoms with Gasteiger partial charge in [0, 0.05) is 11.3 Å². The van der Waals surface area contributed by atoms with Crippen molar-refractivity contribution in [1.82, 2.24) is 10.2 Å². The van der Waals surface area contributed by atoms with Gasteiger partial charge in [-0.1, -0.05) is 48.2 Å². The lowest BCUT2D eigenvalue weighted by Gasteiger charge is -2.16. The average Bonchev–Trinajstić information content (AvgIpc) is 3.58. The molecule has 0 spiro atoms. The van der Waals surface area contributed by atoms with E-state index in [-0.39, 0.29) is 24.3 Å². The van der Waals surface area contributed by atoms with Gasteiger partial charge < -0.3 is 15.1 Å². The number of halogens is 1. The maximum atomic E-state index is 13.8. The van der Waals surface area contributed by atoms with Crippen LogP contribution in [0.5, 0.6) is 0 Å². The fourth-order valence-electron chi connectivity index (χ4n) is 4.04. The Bertz CT molecular complexity index is 1540. The number of furan rings is 1. The Morgan fingerprint density at radius 1 is 1.02 bits per heavy atom. The first-order valence-corrected chi connectivity index (χ1v) is 13.4. The van der Waals surface area contributed by atoms with Crippen molar-refractivity contribution in [3.05, 3.63) is 120 Å². The van der Waals surface area contributed by atoms with Gasteiger partial charge in [-0.25, -0.2) is 9.38 Å². The van der Waals surface area contributed by atoms with Crippen molar-refractivity contribution in [2.75, 3.05) is 5.32 Å². The summed E-state index contributed by atoms with van der Waals surface area (Å²) in [6, 6.07) is 24.2. The van der Waals surface area contributed by atoms with Crippen molar-refractivity contribution in [3.8, 4) is 0 Å². The number of amides is 3. The van der Waals surface area contributed by atoms with Gasteiger partial charge in [0.05, 0.1) is 18.5 Å². The highest BCUT2D eigenvalue weighted by Gasteiger charge is 2.39. The molecule has 0 saturated carbocycles. The maximum Gasteiger partial charge on any atom is 0.251 e. The second kappa shape index (κ2) is 12.0. The SMILES string of the molecule is C[C@@H](NC(=O)c1ccccc1)C(=O)Nc1ccc(C2SC(=Nc3cccc(F)c3)N(Cc3ccco3)C2=O)cc1. The molecule has 3 amide bonds. The number of aliphatic imine (C=N–C) groups is 1. The molecule has 4 aromatic rings. The van der Waals surface area contributed by atoms with Crippen molar-refractivity contribution in [1.29, 1.82) is 0 Å². The lowest BCUT2D eigenvalue weighted by Crippen LogP contribution is -2.41. The fourth-order valence-corrected chi connectivity index (χ4v) is 5.21. The van der Waals surface area contributed by atoms with E-state index < -0.39 is 17.1 Å². The summed E-state index contributed by atoms with van der Waals surface area (Å²) in [5.74, 6) is -0.738. The molecule has 0 radical (unpaired) electrons. The van der Waals surface area contributed by atoms with Gasteiger partial charge in [-0.05, 0) is 67.1 Å². The molecule has 0 aliphatic carbocycles. The highest BCUT2D eigenvalue weighted by Crippen LogP contribution is 2.41. The Morgan fingerprint density at radius 2 is 1.80 bits per heavy atom. The van der Waals surface area contributed by atoms with Crippen LogP contribution in [-0.2, 0) is 16.1 Å². The molecule has 0 bridgehead atoms. The second-order valence-electron chi connectivity index (χ2n) is 9.05. The van der Waals surface area contributed by atoms with Gasteiger partial charge in [-0.3, -0.25) is 19.3 Å². The number of rotatable bonds is 8. The summed E-state index contributed by atoms with van der Waals surface area (Å²) < 4.78 is 19.2. The van der Waals surface area contributed by atoms with E-state index >= 15 is 0 Å². The molecule has 10 heteroatoms. The first-order valence-electron chi connectivity index (χ1n) is 12.5. The zero-order valence-corrected chi connectivity index (χ0v) is 22.2. The third-order valence-corrected chi connectivity index (χ3v) is 7.36. The predicted molar refractivity (Wildman–Crippen MR) is 152 cm³/mol. The number of benzene rings is 3. The second-order valence-corrected chi connectivity index (χ2v) is 10.1. The van der Waals surface area contributed by atoms with E-state index in [2.05, 4.69) is 15.6 Å². The van der Waals surface area contributed by atoms with Crippen molar-refractivity contribution in [2.24, 2.45) is 4.99 Å². The normalized spacial score (nSPS) is 16.6. The van der Waals surface area contributed by atoms with E-state index in [0.717, 1.165) is 0 Å². The van der Waals surface area contributed by atoms with Crippen LogP contribution < -0.4 is 10.6 Å². The Hall–Kier alpha value is -4.70. The lowest BCUT2D eigenvalue weighted by molar-refractivity contribution is -0.126. The lowest BCUT2D eigenvalue weighted by atomic mass is 10.1. The monoisotopic (exact) mass is 556 g/mol. The van der Waals surface area contributed by atoms with Crippen LogP contribution in [0.15, 0.2) is 107 Å². The number of anilines is 1. The van der Waals surface area contributed by atoms with Gasteiger partial charge in [-0.2, -0.15) is 0 Å². The number of carbonyl (C=O) groups is 3. The molecular weight excluding hydrogens is 531 g/mol. The molecule has 1 aliphatic heterocycles. The molecule has 40 heavy (non-hydrogen) atoms. The topological polar surface area (TPSA) is 104 Å². The molecule has 2 atom stereocenters. The van der Waals surface area contributed by atoms with Gasteiger partial charge >= 0.3 is 0 Å². The highest BCUT2D eigenvalue weighted by molar-refractivity contribution is 8.15. The van der Waals surface area contributed by atoms with Gasteiger partial charge in [0.25, 0.3) is 5.91 Å². The number of amidine groups is 1. The maximum absolute atomic E-state index is 13.8. The molecule has 1 aliphatic rings. The predicted octanol–water partition coefficient (Wildman–Crippen LogP) is 5.68. The Morgan fingerprint density at radius 3 is 2.50 bits per heavy atom. The Balaban J connectivity index is 1.28. The van der Waals surface area contributed by atoms with Crippen LogP contribution in [0.3, 0.4) is 0 Å². The summed E-state index contributed by atoms with van der Waals surface area (Å²) in [6.45, 7) is 1.79. The minimum Gasteiger partial charge on any atom is -0.467 e. The third kappa shape index (κ3) is 6.29. The van der Waals surface area contributed by atoms with E-state index in [1.165, 1.54) is 35.1 Å². The van der Waals surface area contributed by atoms with Crippen LogP contribution in [0, 0.1) is 5.82 Å². The molecule has 202 valence electrons. The molecule has 1 unspecified atom stereocenters. The van der Waals surface area contributed by atoms with Gasteiger partial charge in [-0.15, -0.1) is 0 Å². The average molecular weight is 557 g/mol. The molecule has 8 nitrogen and oxygen atoms in total. The van der Waals surface area contributed by atoms with Crippen LogP contribution in [0.1, 0.15) is 33.9 Å². The van der Waals surface area contributed by atoms with Gasteiger partial charge in [0.2, 0.25) is 11.8 Å². The van der Waals surface area contributed by atoms with Gasteiger partial charge in [0.1, 0.15) is 22.9 Å². The standard InChI is InChI=1S/C30H25FN4O4S/c1-19(32-28(37)21-7-3-2-4-8-21)27(36)33-23-14-12-20(13-15-23)26-29(38)35(18-25-11-6-16-39-25)30(40-26)34-24-10-5-9-22(31)17-24/h2-17,19,26H,18H2,1H3,(H,32,37)(H,33,36)/t19-,26?/m1/s1. The molecular formula is C30H25FN4O4S. The number of hydrogen-bond donors (Lipinski definition) is 2. The summed E-state index contributed by atoms with van der Waals surface area (Å²) in [5.41, 5.74) is 2.09. The van der Waals surface area contributed by atoms with E-state index in [1.807, 2.05) is 6.07 Å². The molecule has 2 heterocycles. The first kappa shape index (κ1) is 26.9. The number of nitrogens with zero attached hydrogens (tertiary/aromatic N) is 2. The van der Waals surface area contributed by atoms with Crippen LogP contribution >= 0.6 is 11.8 Å². The largest absolute Gasteiger partial charge is 0.467 e. The van der Waals surface area contributed by atoms with Crippen molar-refractivity contribution >= 4 is 46.0 Å². The number of thioether (sulfide) groups is 1. The van der Waals surface area contributed by atoms with Crippen LogP contribution in [0.2, 0.25) is 0 Å². The number of hydrogen-bond acceptors (Lipinski definition) is 6. The smallest absolute Gasteiger partial charge is 0.251 e. The first-order chi connectivity index (χ1) is 19.4. The van der Waals surface area contributed by atoms with Gasteiger partial charge in [0.15, 0.2) is 5.17 Å². The minimum absolute atomic E-state index is 0.185. The number of carbonyl (C=O) groups excluding carboxylic acids is 3. The van der Waals surface area contributed by atoms with Crippen molar-refractivity contribution in [2.45, 2.75) is 24.8 Å². The minimum atomic E-state index is -0.767.